The molecule has 0 aromatic heterocycles. The minimum absolute atomic E-state index is 0.0981. The van der Waals surface area contributed by atoms with Crippen molar-refractivity contribution in [3.05, 3.63) is 0 Å². The molecule has 6 heteroatoms. The first kappa shape index (κ1) is 7.64. The van der Waals surface area contributed by atoms with E-state index < -0.39 is 0 Å². The van der Waals surface area contributed by atoms with E-state index >= 15 is 0 Å². The highest BCUT2D eigenvalue weighted by atomic mass is 16.5. The molecule has 1 radical (unpaired) electrons. The van der Waals surface area contributed by atoms with Crippen molar-refractivity contribution in [1.82, 2.24) is 10.6 Å². The lowest BCUT2D eigenvalue weighted by molar-refractivity contribution is -0.141. The Morgan fingerprint density at radius 2 is 2.64 bits per heavy atom. The Morgan fingerprint density at radius 3 is 3.18 bits per heavy atom. The van der Waals surface area contributed by atoms with Gasteiger partial charge in [-0.25, -0.2) is 0 Å². The van der Waals surface area contributed by atoms with Gasteiger partial charge in [0.2, 0.25) is 5.22 Å². The topological polar surface area (TPSA) is 77.2 Å². The van der Waals surface area contributed by atoms with Gasteiger partial charge < -0.3 is 4.74 Å². The van der Waals surface area contributed by atoms with Crippen LogP contribution in [-0.4, -0.2) is 18.4 Å². The number of ether oxygens (including phenoxy) is 1. The Morgan fingerprint density at radius 1 is 1.82 bits per heavy atom. The molecule has 0 saturated heterocycles. The molecule has 0 spiro atoms. The van der Waals surface area contributed by atoms with Gasteiger partial charge in [-0.2, -0.15) is 0 Å². The molecule has 1 rings (SSSR count). The van der Waals surface area contributed by atoms with E-state index in [-0.39, 0.29) is 12.4 Å². The highest BCUT2D eigenvalue weighted by molar-refractivity contribution is 5.97. The second kappa shape index (κ2) is 3.65. The molecule has 0 aliphatic carbocycles. The number of hydrogen-bond acceptors (Lipinski definition) is 6. The molecule has 0 atom stereocenters. The first-order valence-electron chi connectivity index (χ1n) is 3.21. The van der Waals surface area contributed by atoms with Crippen molar-refractivity contribution < 1.29 is 9.53 Å². The number of carbonyl (C=O) groups excluding carboxylic acids is 1. The lowest BCUT2D eigenvalue weighted by Gasteiger charge is -1.95. The lowest BCUT2D eigenvalue weighted by Crippen LogP contribution is -2.23. The average molecular weight is 156 g/mol. The number of nitrogens with zero attached hydrogens (tertiary/aromatic N) is 3. The molecule has 0 aromatic rings. The maximum Gasteiger partial charge on any atom is 0.316 e. The van der Waals surface area contributed by atoms with Gasteiger partial charge >= 0.3 is 5.97 Å². The van der Waals surface area contributed by atoms with E-state index in [9.17, 15) is 4.79 Å². The van der Waals surface area contributed by atoms with Crippen molar-refractivity contribution in [3.63, 3.8) is 0 Å². The number of esters is 1. The molecule has 1 aliphatic heterocycles. The molecule has 0 unspecified atom stereocenters. The molecule has 0 aromatic carbocycles. The molecule has 1 N–H and O–H groups in total. The van der Waals surface area contributed by atoms with Gasteiger partial charge in [-0.3, -0.25) is 4.79 Å². The zero-order valence-corrected chi connectivity index (χ0v) is 6.07. The summed E-state index contributed by atoms with van der Waals surface area (Å²) in [5.74, 6) is 0.0921. The van der Waals surface area contributed by atoms with Crippen LogP contribution in [0.15, 0.2) is 10.3 Å². The Kier molecular flexibility index (Phi) is 2.53. The van der Waals surface area contributed by atoms with Crippen molar-refractivity contribution >= 4 is 11.8 Å². The molecule has 6 nitrogen and oxygen atoms in total. The highest BCUT2D eigenvalue weighted by Gasteiger charge is 2.19. The van der Waals surface area contributed by atoms with Gasteiger partial charge in [0.25, 0.3) is 5.84 Å². The maximum absolute atomic E-state index is 10.8. The van der Waals surface area contributed by atoms with Crippen molar-refractivity contribution in [2.75, 3.05) is 6.61 Å². The molecule has 11 heavy (non-hydrogen) atoms. The average Bonchev–Trinajstić information content (AvgIpc) is 2.40. The van der Waals surface area contributed by atoms with Gasteiger partial charge in [0.15, 0.2) is 5.22 Å². The smallest absolute Gasteiger partial charge is 0.316 e. The van der Waals surface area contributed by atoms with Crippen molar-refractivity contribution in [1.29, 1.82) is 0 Å². The van der Waals surface area contributed by atoms with Gasteiger partial charge in [0.05, 0.1) is 11.7 Å². The number of hydrogen-bond donors (Lipinski definition) is 1. The third-order valence-electron chi connectivity index (χ3n) is 1.01. The van der Waals surface area contributed by atoms with Crippen LogP contribution in [0, 0.1) is 0 Å². The summed E-state index contributed by atoms with van der Waals surface area (Å²) in [5, 5.41) is 10.1. The predicted octanol–water partition coefficient (Wildman–Crippen LogP) is -0.441. The Hall–Kier alpha value is -1.46. The van der Waals surface area contributed by atoms with E-state index in [0.717, 1.165) is 0 Å². The van der Waals surface area contributed by atoms with E-state index in [0.29, 0.717) is 12.4 Å². The molecule has 0 bridgehead atoms. The zero-order chi connectivity index (χ0) is 8.10. The summed E-state index contributed by atoms with van der Waals surface area (Å²) >= 11 is 0. The fraction of sp³-hybridized carbons (Fsp3) is 0.600. The van der Waals surface area contributed by atoms with E-state index in [1.54, 1.807) is 6.92 Å². The summed E-state index contributed by atoms with van der Waals surface area (Å²) in [6.07, 6.45) is 0.0981. The minimum atomic E-state index is -0.328. The molecule has 0 saturated carbocycles. The largest absolute Gasteiger partial charge is 0.466 e. The van der Waals surface area contributed by atoms with Crippen LogP contribution in [0.3, 0.4) is 0 Å². The summed E-state index contributed by atoms with van der Waals surface area (Å²) in [4.78, 5) is 10.8. The third kappa shape index (κ3) is 2.32. The van der Waals surface area contributed by atoms with Gasteiger partial charge in [0.1, 0.15) is 6.42 Å². The van der Waals surface area contributed by atoms with Crippen LogP contribution < -0.4 is 10.6 Å². The molecule has 1 heterocycles. The fourth-order valence-electron chi connectivity index (χ4n) is 0.602. The second-order valence-corrected chi connectivity index (χ2v) is 1.83. The number of amidine groups is 1. The van der Waals surface area contributed by atoms with Crippen molar-refractivity contribution in [2.24, 2.45) is 10.3 Å². The van der Waals surface area contributed by atoms with Gasteiger partial charge in [-0.1, -0.05) is 0 Å². The molecular weight excluding hydrogens is 148 g/mol. The Balaban J connectivity index is 2.26. The van der Waals surface area contributed by atoms with Crippen LogP contribution in [0.2, 0.25) is 0 Å². The molecule has 0 amide bonds. The van der Waals surface area contributed by atoms with Gasteiger partial charge in [0, 0.05) is 0 Å². The summed E-state index contributed by atoms with van der Waals surface area (Å²) in [6.45, 7) is 2.12. The second-order valence-electron chi connectivity index (χ2n) is 1.83. The van der Waals surface area contributed by atoms with Crippen LogP contribution in [0.1, 0.15) is 13.3 Å². The number of rotatable bonds is 3. The third-order valence-corrected chi connectivity index (χ3v) is 1.01. The quantitative estimate of drug-likeness (QED) is 0.562. The minimum Gasteiger partial charge on any atom is -0.466 e. The summed E-state index contributed by atoms with van der Waals surface area (Å²) < 4.78 is 4.66. The van der Waals surface area contributed by atoms with Gasteiger partial charge in [-0.15, -0.1) is 5.43 Å². The Bertz CT molecular complexity index is 211. The molecule has 0 fully saturated rings. The van der Waals surface area contributed by atoms with E-state index in [1.807, 2.05) is 0 Å². The van der Waals surface area contributed by atoms with E-state index in [1.165, 1.54) is 0 Å². The standard InChI is InChI=1S/C5H8N4O2/c1-2-11-5(10)3-4-6-8-9-7-4/h2-3H2,1H3,(H,6,7,8)/q+1. The monoisotopic (exact) mass is 156 g/mol. The molecule has 1 aliphatic rings. The van der Waals surface area contributed by atoms with Crippen LogP contribution in [0.5, 0.6) is 0 Å². The molecule has 59 valence electrons. The van der Waals surface area contributed by atoms with E-state index in [4.69, 9.17) is 0 Å². The SMILES string of the molecule is CCOC(=O)CC1=NN=[N+]N1. The van der Waals surface area contributed by atoms with Crippen LogP contribution >= 0.6 is 0 Å². The lowest BCUT2D eigenvalue weighted by atomic mass is 10.4. The fourth-order valence-corrected chi connectivity index (χ4v) is 0.602. The number of carbonyl (C=O) groups is 1. The summed E-state index contributed by atoms with van der Waals surface area (Å²) in [5.41, 5.74) is 2.45. The van der Waals surface area contributed by atoms with Crippen LogP contribution in [0.25, 0.3) is 0 Å². The van der Waals surface area contributed by atoms with Crippen LogP contribution in [-0.2, 0) is 9.53 Å². The normalized spacial score (nSPS) is 14.1. The highest BCUT2D eigenvalue weighted by Crippen LogP contribution is 1.91. The molecular formula is C5H8N4O2+. The van der Waals surface area contributed by atoms with Gasteiger partial charge in [-0.05, 0) is 6.92 Å². The maximum atomic E-state index is 10.8. The summed E-state index contributed by atoms with van der Waals surface area (Å²) in [6, 6.07) is 0. The van der Waals surface area contributed by atoms with Crippen LogP contribution in [0.4, 0.5) is 0 Å². The number of nitrogens with one attached hydrogen (secondary N) is 1. The summed E-state index contributed by atoms with van der Waals surface area (Å²) in [7, 11) is 0. The van der Waals surface area contributed by atoms with E-state index in [2.05, 4.69) is 25.7 Å². The van der Waals surface area contributed by atoms with Crippen molar-refractivity contribution in [2.45, 2.75) is 13.3 Å². The predicted molar refractivity (Wildman–Crippen MR) is 36.4 cm³/mol. The first-order chi connectivity index (χ1) is 5.33. The first-order valence-corrected chi connectivity index (χ1v) is 3.21. The zero-order valence-electron chi connectivity index (χ0n) is 6.07. The Labute approximate surface area is 63.3 Å². The van der Waals surface area contributed by atoms with Crippen molar-refractivity contribution in [3.8, 4) is 0 Å².